The highest BCUT2D eigenvalue weighted by Gasteiger charge is 2.22. The fourth-order valence-corrected chi connectivity index (χ4v) is 7.96. The Morgan fingerprint density at radius 2 is 1.04 bits per heavy atom. The molecule has 0 atom stereocenters. The maximum Gasteiger partial charge on any atom is 0.160 e. The molecule has 0 fully saturated rings. The second-order valence-electron chi connectivity index (χ2n) is 11.5. The Morgan fingerprint density at radius 1 is 0.447 bits per heavy atom. The van der Waals surface area contributed by atoms with Gasteiger partial charge in [0.15, 0.2) is 5.58 Å². The summed E-state index contributed by atoms with van der Waals surface area (Å²) in [6.45, 7) is 0. The lowest BCUT2D eigenvalue weighted by atomic mass is 10.1. The van der Waals surface area contributed by atoms with Crippen LogP contribution in [0.4, 0.5) is 34.1 Å². The van der Waals surface area contributed by atoms with Gasteiger partial charge in [-0.3, -0.25) is 0 Å². The predicted molar refractivity (Wildman–Crippen MR) is 201 cm³/mol. The van der Waals surface area contributed by atoms with E-state index >= 15 is 0 Å². The van der Waals surface area contributed by atoms with Crippen LogP contribution in [-0.2, 0) is 0 Å². The molecule has 9 aromatic rings. The SMILES string of the molecule is Clc1ccc(N(c2ccccc2)c2ccc3c(c2)sc2ccc(N(c4ccccc4)c4ccccc4)cc23)c2oc3ccccc3c12. The summed E-state index contributed by atoms with van der Waals surface area (Å²) in [6.07, 6.45) is 0. The van der Waals surface area contributed by atoms with Gasteiger partial charge < -0.3 is 14.2 Å². The summed E-state index contributed by atoms with van der Waals surface area (Å²) < 4.78 is 8.97. The normalized spacial score (nSPS) is 11.5. The van der Waals surface area contributed by atoms with E-state index in [0.29, 0.717) is 5.02 Å². The number of thiophene rings is 1. The number of halogens is 1. The Morgan fingerprint density at radius 3 is 1.74 bits per heavy atom. The Bertz CT molecular complexity index is 2500. The summed E-state index contributed by atoms with van der Waals surface area (Å²) in [5.74, 6) is 0. The summed E-state index contributed by atoms with van der Waals surface area (Å²) in [4.78, 5) is 4.58. The molecular formula is C42H27ClN2OS. The smallest absolute Gasteiger partial charge is 0.160 e. The number of furan rings is 1. The van der Waals surface area contributed by atoms with Crippen LogP contribution < -0.4 is 9.80 Å². The predicted octanol–water partition coefficient (Wildman–Crippen LogP) is 13.5. The van der Waals surface area contributed by atoms with Gasteiger partial charge in [-0.15, -0.1) is 11.3 Å². The van der Waals surface area contributed by atoms with E-state index in [0.717, 1.165) is 56.1 Å². The van der Waals surface area contributed by atoms with Crippen molar-refractivity contribution < 1.29 is 4.42 Å². The molecule has 0 N–H and O–H groups in total. The van der Waals surface area contributed by atoms with E-state index < -0.39 is 0 Å². The number of hydrogen-bond donors (Lipinski definition) is 0. The van der Waals surface area contributed by atoms with Crippen LogP contribution in [-0.4, -0.2) is 0 Å². The number of rotatable bonds is 6. The molecule has 0 spiro atoms. The Balaban J connectivity index is 1.21. The molecule has 0 saturated heterocycles. The molecule has 0 unspecified atom stereocenters. The van der Waals surface area contributed by atoms with Crippen LogP contribution in [0.15, 0.2) is 168 Å². The van der Waals surface area contributed by atoms with Crippen LogP contribution in [0.3, 0.4) is 0 Å². The summed E-state index contributed by atoms with van der Waals surface area (Å²) in [6, 6.07) is 57.2. The van der Waals surface area contributed by atoms with Crippen LogP contribution in [0, 0.1) is 0 Å². The van der Waals surface area contributed by atoms with Gasteiger partial charge in [0.25, 0.3) is 0 Å². The molecule has 9 rings (SSSR count). The lowest BCUT2D eigenvalue weighted by Gasteiger charge is -2.26. The van der Waals surface area contributed by atoms with Gasteiger partial charge in [-0.05, 0) is 84.9 Å². The highest BCUT2D eigenvalue weighted by Crippen LogP contribution is 2.47. The van der Waals surface area contributed by atoms with E-state index in [1.165, 1.54) is 20.2 Å². The zero-order valence-corrected chi connectivity index (χ0v) is 26.7. The first-order chi connectivity index (χ1) is 23.2. The van der Waals surface area contributed by atoms with Crippen molar-refractivity contribution in [2.75, 3.05) is 9.80 Å². The molecule has 0 saturated carbocycles. The van der Waals surface area contributed by atoms with Crippen molar-refractivity contribution in [3.8, 4) is 0 Å². The van der Waals surface area contributed by atoms with E-state index in [1.54, 1.807) is 0 Å². The zero-order valence-electron chi connectivity index (χ0n) is 25.2. The molecular weight excluding hydrogens is 616 g/mol. The van der Waals surface area contributed by atoms with Crippen molar-refractivity contribution in [3.63, 3.8) is 0 Å². The molecule has 3 nitrogen and oxygen atoms in total. The van der Waals surface area contributed by atoms with Gasteiger partial charge >= 0.3 is 0 Å². The van der Waals surface area contributed by atoms with Gasteiger partial charge in [-0.2, -0.15) is 0 Å². The summed E-state index contributed by atoms with van der Waals surface area (Å²) >= 11 is 8.62. The van der Waals surface area contributed by atoms with Gasteiger partial charge in [0, 0.05) is 59.4 Å². The van der Waals surface area contributed by atoms with Gasteiger partial charge in [0.1, 0.15) is 5.58 Å². The van der Waals surface area contributed by atoms with E-state index in [4.69, 9.17) is 16.0 Å². The van der Waals surface area contributed by atoms with Crippen molar-refractivity contribution in [1.29, 1.82) is 0 Å². The monoisotopic (exact) mass is 642 g/mol. The summed E-state index contributed by atoms with van der Waals surface area (Å²) in [5.41, 5.74) is 7.99. The number of hydrogen-bond acceptors (Lipinski definition) is 4. The van der Waals surface area contributed by atoms with E-state index in [-0.39, 0.29) is 0 Å². The molecule has 5 heteroatoms. The Kier molecular flexibility index (Phi) is 6.70. The first-order valence-corrected chi connectivity index (χ1v) is 16.7. The van der Waals surface area contributed by atoms with Crippen LogP contribution in [0.25, 0.3) is 42.1 Å². The highest BCUT2D eigenvalue weighted by atomic mass is 35.5. The summed E-state index contributed by atoms with van der Waals surface area (Å²) in [7, 11) is 0. The molecule has 224 valence electrons. The molecule has 0 aliphatic heterocycles. The minimum Gasteiger partial charge on any atom is -0.454 e. The van der Waals surface area contributed by atoms with E-state index in [1.807, 2.05) is 41.7 Å². The quantitative estimate of drug-likeness (QED) is 0.180. The van der Waals surface area contributed by atoms with Crippen LogP contribution in [0.5, 0.6) is 0 Å². The molecule has 2 aromatic heterocycles. The minimum absolute atomic E-state index is 0.678. The highest BCUT2D eigenvalue weighted by molar-refractivity contribution is 7.25. The van der Waals surface area contributed by atoms with Crippen molar-refractivity contribution in [2.24, 2.45) is 0 Å². The molecule has 0 amide bonds. The second-order valence-corrected chi connectivity index (χ2v) is 13.0. The Hall–Kier alpha value is -5.55. The van der Waals surface area contributed by atoms with Crippen molar-refractivity contribution in [3.05, 3.63) is 169 Å². The van der Waals surface area contributed by atoms with E-state index in [2.05, 4.69) is 143 Å². The summed E-state index contributed by atoms with van der Waals surface area (Å²) in [5, 5.41) is 5.09. The first kappa shape index (κ1) is 27.7. The third-order valence-electron chi connectivity index (χ3n) is 8.69. The van der Waals surface area contributed by atoms with Crippen LogP contribution >= 0.6 is 22.9 Å². The fourth-order valence-electron chi connectivity index (χ4n) is 6.59. The molecule has 2 heterocycles. The average Bonchev–Trinajstić information content (AvgIpc) is 3.70. The number of anilines is 6. The minimum atomic E-state index is 0.678. The average molecular weight is 643 g/mol. The van der Waals surface area contributed by atoms with Crippen LogP contribution in [0.2, 0.25) is 5.02 Å². The molecule has 0 radical (unpaired) electrons. The van der Waals surface area contributed by atoms with Crippen LogP contribution in [0.1, 0.15) is 0 Å². The number of para-hydroxylation sites is 4. The lowest BCUT2D eigenvalue weighted by molar-refractivity contribution is 0.669. The second kappa shape index (κ2) is 11.4. The maximum absolute atomic E-state index is 6.80. The lowest BCUT2D eigenvalue weighted by Crippen LogP contribution is -2.10. The van der Waals surface area contributed by atoms with Gasteiger partial charge in [0.05, 0.1) is 10.7 Å². The third kappa shape index (κ3) is 4.73. The molecule has 0 aliphatic carbocycles. The molecule has 0 bridgehead atoms. The standard InChI is InChI=1S/C42H27ClN2OS/c43-36-23-24-37(42-41(36)34-18-10-11-19-38(34)46-42)45(30-16-8-3-9-17-30)32-20-22-33-35-26-31(21-25-39(35)47-40(33)27-32)44(28-12-4-1-5-13-28)29-14-6-2-7-15-29/h1-27H. The fraction of sp³-hybridized carbons (Fsp3) is 0. The first-order valence-electron chi connectivity index (χ1n) is 15.5. The van der Waals surface area contributed by atoms with E-state index in [9.17, 15) is 0 Å². The van der Waals surface area contributed by atoms with Crippen molar-refractivity contribution in [2.45, 2.75) is 0 Å². The number of fused-ring (bicyclic) bond motifs is 6. The molecule has 47 heavy (non-hydrogen) atoms. The number of benzene rings is 7. The van der Waals surface area contributed by atoms with Gasteiger partial charge in [-0.1, -0.05) is 90.5 Å². The third-order valence-corrected chi connectivity index (χ3v) is 10.1. The van der Waals surface area contributed by atoms with Crippen molar-refractivity contribution >= 4 is 99.2 Å². The number of nitrogens with zero attached hydrogens (tertiary/aromatic N) is 2. The zero-order chi connectivity index (χ0) is 31.3. The maximum atomic E-state index is 6.80. The largest absolute Gasteiger partial charge is 0.454 e. The Labute approximate surface area is 281 Å². The molecule has 7 aromatic carbocycles. The van der Waals surface area contributed by atoms with Crippen molar-refractivity contribution in [1.82, 2.24) is 0 Å². The van der Waals surface area contributed by atoms with Gasteiger partial charge in [-0.25, -0.2) is 0 Å². The molecule has 0 aliphatic rings. The van der Waals surface area contributed by atoms with Gasteiger partial charge in [0.2, 0.25) is 0 Å². The topological polar surface area (TPSA) is 19.6 Å².